The number of benzene rings is 1. The zero-order chi connectivity index (χ0) is 22.9. The van der Waals surface area contributed by atoms with E-state index in [1.165, 1.54) is 19.2 Å². The van der Waals surface area contributed by atoms with Crippen LogP contribution in [0.15, 0.2) is 12.1 Å². The molecule has 10 heteroatoms. The summed E-state index contributed by atoms with van der Waals surface area (Å²) in [6.45, 7) is 5.82. The average molecular weight is 425 g/mol. The Morgan fingerprint density at radius 1 is 1.30 bits per heavy atom. The molecule has 0 saturated carbocycles. The fraction of sp³-hybridized carbons (Fsp3) is 0.550. The number of halogens is 1. The van der Waals surface area contributed by atoms with Gasteiger partial charge in [0.1, 0.15) is 18.0 Å². The van der Waals surface area contributed by atoms with Crippen molar-refractivity contribution in [1.29, 1.82) is 0 Å². The number of carbonyl (C=O) groups is 3. The Morgan fingerprint density at radius 2 is 1.93 bits per heavy atom. The third-order valence-electron chi connectivity index (χ3n) is 4.92. The lowest BCUT2D eigenvalue weighted by Crippen LogP contribution is -2.51. The van der Waals surface area contributed by atoms with E-state index in [0.29, 0.717) is 10.5 Å². The molecule has 0 unspecified atom stereocenters. The number of rotatable bonds is 5. The van der Waals surface area contributed by atoms with Gasteiger partial charge in [0, 0.05) is 7.05 Å². The molecular formula is C20H28FN3O6. The van der Waals surface area contributed by atoms with Crippen molar-refractivity contribution in [3.05, 3.63) is 29.1 Å². The quantitative estimate of drug-likeness (QED) is 0.415. The second-order valence-corrected chi connectivity index (χ2v) is 8.36. The van der Waals surface area contributed by atoms with E-state index < -0.39 is 47.7 Å². The molecule has 0 saturated heterocycles. The molecule has 4 N–H and O–H groups in total. The Kier molecular flexibility index (Phi) is 6.73. The molecule has 1 aliphatic rings. The standard InChI is InChI=1S/C20H28FN3O6/c1-19(2,3)30-14(25)10-24(18(28)29)16(26)20(4)9-8-11-12(20)6-7-13(15(11)21)23-17(27)22-5/h6-7,18,28-29H,8-10H2,1-5H3,(H2,22,23,27)/t20-/m0/s1. The fourth-order valence-corrected chi connectivity index (χ4v) is 3.48. The van der Waals surface area contributed by atoms with Gasteiger partial charge in [0.15, 0.2) is 0 Å². The number of aliphatic hydroxyl groups is 2. The first-order valence-electron chi connectivity index (χ1n) is 9.50. The van der Waals surface area contributed by atoms with Crippen molar-refractivity contribution in [3.63, 3.8) is 0 Å². The molecule has 0 spiro atoms. The highest BCUT2D eigenvalue weighted by Gasteiger charge is 2.46. The monoisotopic (exact) mass is 425 g/mol. The summed E-state index contributed by atoms with van der Waals surface area (Å²) in [5.41, 5.74) is -1.51. The minimum atomic E-state index is -2.23. The van der Waals surface area contributed by atoms with E-state index >= 15 is 0 Å². The Labute approximate surface area is 174 Å². The molecule has 0 aromatic heterocycles. The third kappa shape index (κ3) is 4.88. The lowest BCUT2D eigenvalue weighted by molar-refractivity contribution is -0.191. The van der Waals surface area contributed by atoms with Crippen LogP contribution in [0.4, 0.5) is 14.9 Å². The predicted octanol–water partition coefficient (Wildman–Crippen LogP) is 1.22. The molecule has 0 heterocycles. The summed E-state index contributed by atoms with van der Waals surface area (Å²) in [6.07, 6.45) is -1.84. The molecular weight excluding hydrogens is 397 g/mol. The van der Waals surface area contributed by atoms with Gasteiger partial charge in [-0.05, 0) is 57.7 Å². The summed E-state index contributed by atoms with van der Waals surface area (Å²) >= 11 is 0. The zero-order valence-electron chi connectivity index (χ0n) is 17.7. The van der Waals surface area contributed by atoms with Crippen molar-refractivity contribution >= 4 is 23.6 Å². The smallest absolute Gasteiger partial charge is 0.326 e. The highest BCUT2D eigenvalue weighted by molar-refractivity contribution is 5.93. The number of hydrogen-bond acceptors (Lipinski definition) is 6. The van der Waals surface area contributed by atoms with Crippen LogP contribution in [0, 0.1) is 5.82 Å². The molecule has 166 valence electrons. The fourth-order valence-electron chi connectivity index (χ4n) is 3.48. The first-order chi connectivity index (χ1) is 13.8. The summed E-state index contributed by atoms with van der Waals surface area (Å²) in [5.74, 6) is -2.20. The van der Waals surface area contributed by atoms with Crippen molar-refractivity contribution in [1.82, 2.24) is 10.2 Å². The van der Waals surface area contributed by atoms with E-state index in [0.717, 1.165) is 0 Å². The van der Waals surface area contributed by atoms with Gasteiger partial charge in [-0.2, -0.15) is 0 Å². The SMILES string of the molecule is CNC(=O)Nc1ccc2c(c1F)CC[C@]2(C)C(=O)N(CC(=O)OC(C)(C)C)C(O)O. The van der Waals surface area contributed by atoms with Crippen LogP contribution >= 0.6 is 0 Å². The maximum Gasteiger partial charge on any atom is 0.326 e. The molecule has 1 aromatic carbocycles. The third-order valence-corrected chi connectivity index (χ3v) is 4.92. The Morgan fingerprint density at radius 3 is 2.47 bits per heavy atom. The van der Waals surface area contributed by atoms with E-state index in [1.54, 1.807) is 27.7 Å². The average Bonchev–Trinajstić information content (AvgIpc) is 2.98. The first kappa shape index (κ1) is 23.6. The minimum Gasteiger partial charge on any atom is -0.459 e. The van der Waals surface area contributed by atoms with Crippen LogP contribution in [0.25, 0.3) is 0 Å². The molecule has 0 fully saturated rings. The molecule has 0 aliphatic heterocycles. The van der Waals surface area contributed by atoms with Gasteiger partial charge in [-0.15, -0.1) is 0 Å². The molecule has 9 nitrogen and oxygen atoms in total. The van der Waals surface area contributed by atoms with Gasteiger partial charge >= 0.3 is 12.0 Å². The number of aliphatic hydroxyl groups excluding tert-OH is 1. The minimum absolute atomic E-state index is 0.0300. The van der Waals surface area contributed by atoms with Gasteiger partial charge in [-0.3, -0.25) is 14.5 Å². The van der Waals surface area contributed by atoms with Crippen molar-refractivity contribution in [2.24, 2.45) is 0 Å². The maximum atomic E-state index is 14.9. The van der Waals surface area contributed by atoms with Gasteiger partial charge in [-0.25, -0.2) is 9.18 Å². The summed E-state index contributed by atoms with van der Waals surface area (Å²) in [7, 11) is 1.40. The Balaban J connectivity index is 2.33. The highest BCUT2D eigenvalue weighted by Crippen LogP contribution is 2.43. The van der Waals surface area contributed by atoms with Crippen molar-refractivity contribution < 1.29 is 33.7 Å². The molecule has 2 rings (SSSR count). The van der Waals surface area contributed by atoms with Crippen LogP contribution in [0.5, 0.6) is 0 Å². The highest BCUT2D eigenvalue weighted by atomic mass is 19.1. The van der Waals surface area contributed by atoms with Crippen LogP contribution < -0.4 is 10.6 Å². The predicted molar refractivity (Wildman–Crippen MR) is 106 cm³/mol. The van der Waals surface area contributed by atoms with Gasteiger partial charge in [0.2, 0.25) is 12.3 Å². The number of fused-ring (bicyclic) bond motifs is 1. The molecule has 1 aromatic rings. The molecule has 3 amide bonds. The second kappa shape index (κ2) is 8.57. The number of hydrogen-bond donors (Lipinski definition) is 4. The van der Waals surface area contributed by atoms with Gasteiger partial charge in [0.05, 0.1) is 11.1 Å². The Hall–Kier alpha value is -2.72. The second-order valence-electron chi connectivity index (χ2n) is 8.36. The first-order valence-corrected chi connectivity index (χ1v) is 9.50. The number of amides is 3. The number of nitrogens with one attached hydrogen (secondary N) is 2. The number of anilines is 1. The zero-order valence-corrected chi connectivity index (χ0v) is 17.7. The summed E-state index contributed by atoms with van der Waals surface area (Å²) in [4.78, 5) is 37.4. The number of nitrogens with zero attached hydrogens (tertiary/aromatic N) is 1. The summed E-state index contributed by atoms with van der Waals surface area (Å²) < 4.78 is 20.0. The van der Waals surface area contributed by atoms with Crippen molar-refractivity contribution in [2.75, 3.05) is 18.9 Å². The number of urea groups is 1. The maximum absolute atomic E-state index is 14.9. The van der Waals surface area contributed by atoms with Crippen LogP contribution in [-0.2, 0) is 26.2 Å². The number of esters is 1. The van der Waals surface area contributed by atoms with Crippen LogP contribution in [-0.4, -0.2) is 58.6 Å². The summed E-state index contributed by atoms with van der Waals surface area (Å²) in [5, 5.41) is 24.1. The van der Waals surface area contributed by atoms with E-state index in [-0.39, 0.29) is 24.1 Å². The van der Waals surface area contributed by atoms with Crippen LogP contribution in [0.2, 0.25) is 0 Å². The van der Waals surface area contributed by atoms with E-state index in [1.807, 2.05) is 0 Å². The Bertz CT molecular complexity index is 852. The lowest BCUT2D eigenvalue weighted by atomic mass is 9.82. The van der Waals surface area contributed by atoms with Crippen LogP contribution in [0.1, 0.15) is 45.2 Å². The molecule has 0 bridgehead atoms. The molecule has 1 aliphatic carbocycles. The van der Waals surface area contributed by atoms with E-state index in [9.17, 15) is 29.0 Å². The van der Waals surface area contributed by atoms with E-state index in [4.69, 9.17) is 4.74 Å². The molecule has 30 heavy (non-hydrogen) atoms. The van der Waals surface area contributed by atoms with Gasteiger partial charge < -0.3 is 25.6 Å². The number of ether oxygens (including phenoxy) is 1. The van der Waals surface area contributed by atoms with Gasteiger partial charge in [0.25, 0.3) is 0 Å². The lowest BCUT2D eigenvalue weighted by Gasteiger charge is -2.33. The van der Waals surface area contributed by atoms with Crippen molar-refractivity contribution in [2.45, 2.75) is 58.0 Å². The topological polar surface area (TPSA) is 128 Å². The van der Waals surface area contributed by atoms with E-state index in [2.05, 4.69) is 10.6 Å². The number of carbonyl (C=O) groups excluding carboxylic acids is 3. The normalized spacial score (nSPS) is 18.0. The van der Waals surface area contributed by atoms with Crippen LogP contribution in [0.3, 0.4) is 0 Å². The van der Waals surface area contributed by atoms with Crippen molar-refractivity contribution in [3.8, 4) is 0 Å². The molecule has 0 radical (unpaired) electrons. The summed E-state index contributed by atoms with van der Waals surface area (Å²) in [6, 6.07) is 2.27. The molecule has 1 atom stereocenters. The van der Waals surface area contributed by atoms with Gasteiger partial charge in [-0.1, -0.05) is 6.07 Å². The largest absolute Gasteiger partial charge is 0.459 e.